The van der Waals surface area contributed by atoms with Gasteiger partial charge in [0.2, 0.25) is 5.91 Å². The zero-order valence-corrected chi connectivity index (χ0v) is 15.1. The molecule has 0 aromatic carbocycles. The fourth-order valence-electron chi connectivity index (χ4n) is 2.56. The fourth-order valence-corrected chi connectivity index (χ4v) is 4.09. The predicted molar refractivity (Wildman–Crippen MR) is 94.8 cm³/mol. The summed E-state index contributed by atoms with van der Waals surface area (Å²) < 4.78 is 2.21. The highest BCUT2D eigenvalue weighted by Gasteiger charge is 2.30. The number of thiophene rings is 1. The summed E-state index contributed by atoms with van der Waals surface area (Å²) in [6.45, 7) is 4.18. The second-order valence-corrected chi connectivity index (χ2v) is 7.82. The van der Waals surface area contributed by atoms with Crippen LogP contribution in [0.25, 0.3) is 10.7 Å². The number of nitrogens with zero attached hydrogens (tertiary/aromatic N) is 3. The summed E-state index contributed by atoms with van der Waals surface area (Å²) in [4.78, 5) is 13.2. The molecular weight excluding hydrogens is 328 g/mol. The number of hydrogen-bond donors (Lipinski definition) is 1. The average molecular weight is 351 g/mol. The maximum absolute atomic E-state index is 12.0. The number of carbonyl (C=O) groups is 1. The lowest BCUT2D eigenvalue weighted by molar-refractivity contribution is -0.119. The Labute approximate surface area is 144 Å². The summed E-state index contributed by atoms with van der Waals surface area (Å²) in [5.41, 5.74) is 0. The van der Waals surface area contributed by atoms with E-state index in [4.69, 9.17) is 0 Å². The minimum atomic E-state index is 0.0685. The van der Waals surface area contributed by atoms with Crippen LogP contribution in [-0.4, -0.2) is 32.5 Å². The Morgan fingerprint density at radius 2 is 2.35 bits per heavy atom. The highest BCUT2D eigenvalue weighted by atomic mass is 32.2. The van der Waals surface area contributed by atoms with Crippen molar-refractivity contribution >= 4 is 29.0 Å². The molecule has 1 atom stereocenters. The Hall–Kier alpha value is -1.34. The number of carbonyl (C=O) groups excluding carboxylic acids is 1. The maximum Gasteiger partial charge on any atom is 0.230 e. The van der Waals surface area contributed by atoms with Gasteiger partial charge in [-0.15, -0.1) is 21.5 Å². The number of hydrogen-bond acceptors (Lipinski definition) is 5. The summed E-state index contributed by atoms with van der Waals surface area (Å²) in [5.74, 6) is 1.40. The third-order valence-corrected chi connectivity index (χ3v) is 5.59. The standard InChI is InChI=1S/C16H22N4OS2/c1-3-5-11(2)17-14(21)10-23-16-19-18-15(13-6-4-9-22-13)20(16)12-7-8-12/h4,6,9,11-12H,3,5,7-8,10H2,1-2H3,(H,17,21)/t11-/m1/s1. The van der Waals surface area contributed by atoms with E-state index >= 15 is 0 Å². The van der Waals surface area contributed by atoms with Crippen LogP contribution < -0.4 is 5.32 Å². The summed E-state index contributed by atoms with van der Waals surface area (Å²) >= 11 is 3.16. The lowest BCUT2D eigenvalue weighted by atomic mass is 10.2. The third kappa shape index (κ3) is 4.14. The maximum atomic E-state index is 12.0. The first-order valence-corrected chi connectivity index (χ1v) is 9.96. The number of amides is 1. The van der Waals surface area contributed by atoms with Crippen LogP contribution >= 0.6 is 23.1 Å². The molecule has 1 N–H and O–H groups in total. The summed E-state index contributed by atoms with van der Waals surface area (Å²) in [7, 11) is 0. The van der Waals surface area contributed by atoms with Gasteiger partial charge in [0.1, 0.15) is 0 Å². The first-order chi connectivity index (χ1) is 11.2. The van der Waals surface area contributed by atoms with Crippen molar-refractivity contribution in [3.05, 3.63) is 17.5 Å². The van der Waals surface area contributed by atoms with Gasteiger partial charge in [0.15, 0.2) is 11.0 Å². The zero-order valence-electron chi connectivity index (χ0n) is 13.5. The van der Waals surface area contributed by atoms with Crippen LogP contribution in [0.1, 0.15) is 45.6 Å². The molecule has 5 nitrogen and oxygen atoms in total. The number of nitrogens with one attached hydrogen (secondary N) is 1. The van der Waals surface area contributed by atoms with Crippen molar-refractivity contribution in [2.45, 2.75) is 56.8 Å². The van der Waals surface area contributed by atoms with E-state index < -0.39 is 0 Å². The Morgan fingerprint density at radius 3 is 3.00 bits per heavy atom. The van der Waals surface area contributed by atoms with Gasteiger partial charge in [-0.05, 0) is 37.6 Å². The van der Waals surface area contributed by atoms with Gasteiger partial charge < -0.3 is 5.32 Å². The molecule has 0 saturated heterocycles. The van der Waals surface area contributed by atoms with Crippen LogP contribution in [0.15, 0.2) is 22.7 Å². The highest BCUT2D eigenvalue weighted by Crippen LogP contribution is 2.41. The molecular formula is C16H22N4OS2. The molecule has 2 heterocycles. The molecule has 2 aromatic rings. The topological polar surface area (TPSA) is 59.8 Å². The molecule has 1 saturated carbocycles. The van der Waals surface area contributed by atoms with E-state index in [2.05, 4.69) is 38.5 Å². The quantitative estimate of drug-likeness (QED) is 0.737. The molecule has 0 unspecified atom stereocenters. The van der Waals surface area contributed by atoms with Crippen molar-refractivity contribution in [3.63, 3.8) is 0 Å². The molecule has 0 bridgehead atoms. The van der Waals surface area contributed by atoms with Crippen LogP contribution in [0.5, 0.6) is 0 Å². The smallest absolute Gasteiger partial charge is 0.230 e. The number of rotatable bonds is 8. The second-order valence-electron chi connectivity index (χ2n) is 5.93. The Kier molecular flexibility index (Phi) is 5.38. The van der Waals surface area contributed by atoms with E-state index in [9.17, 15) is 4.79 Å². The minimum Gasteiger partial charge on any atom is -0.353 e. The van der Waals surface area contributed by atoms with E-state index in [-0.39, 0.29) is 11.9 Å². The molecule has 2 aromatic heterocycles. The van der Waals surface area contributed by atoms with Gasteiger partial charge >= 0.3 is 0 Å². The Bertz CT molecular complexity index is 649. The Balaban J connectivity index is 1.65. The summed E-state index contributed by atoms with van der Waals surface area (Å²) in [6.07, 6.45) is 4.43. The van der Waals surface area contributed by atoms with Crippen molar-refractivity contribution in [2.24, 2.45) is 0 Å². The van der Waals surface area contributed by atoms with Gasteiger partial charge in [0.25, 0.3) is 0 Å². The van der Waals surface area contributed by atoms with Crippen LogP contribution in [0.4, 0.5) is 0 Å². The van der Waals surface area contributed by atoms with E-state index in [1.165, 1.54) is 24.6 Å². The molecule has 3 rings (SSSR count). The summed E-state index contributed by atoms with van der Waals surface area (Å²) in [6, 6.07) is 4.82. The minimum absolute atomic E-state index is 0.0685. The van der Waals surface area contributed by atoms with Gasteiger partial charge in [-0.3, -0.25) is 9.36 Å². The second kappa shape index (κ2) is 7.49. The number of thioether (sulfide) groups is 1. The average Bonchev–Trinajstić information content (AvgIpc) is 3.05. The van der Waals surface area contributed by atoms with Gasteiger partial charge in [-0.2, -0.15) is 0 Å². The molecule has 0 radical (unpaired) electrons. The van der Waals surface area contributed by atoms with Crippen molar-refractivity contribution < 1.29 is 4.79 Å². The molecule has 1 aliphatic carbocycles. The van der Waals surface area contributed by atoms with Crippen LogP contribution in [0, 0.1) is 0 Å². The third-order valence-electron chi connectivity index (χ3n) is 3.78. The lowest BCUT2D eigenvalue weighted by Crippen LogP contribution is -2.33. The van der Waals surface area contributed by atoms with E-state index in [1.54, 1.807) is 11.3 Å². The monoisotopic (exact) mass is 350 g/mol. The molecule has 124 valence electrons. The SMILES string of the molecule is CCC[C@@H](C)NC(=O)CSc1nnc(-c2cccs2)n1C1CC1. The predicted octanol–water partition coefficient (Wildman–Crippen LogP) is 3.74. The van der Waals surface area contributed by atoms with Crippen molar-refractivity contribution in [1.29, 1.82) is 0 Å². The zero-order chi connectivity index (χ0) is 16.2. The normalized spacial score (nSPS) is 15.6. The first kappa shape index (κ1) is 16.5. The molecule has 1 aliphatic rings. The molecule has 0 spiro atoms. The fraction of sp³-hybridized carbons (Fsp3) is 0.562. The lowest BCUT2D eigenvalue weighted by Gasteiger charge is -2.12. The van der Waals surface area contributed by atoms with Crippen molar-refractivity contribution in [2.75, 3.05) is 5.75 Å². The molecule has 23 heavy (non-hydrogen) atoms. The molecule has 1 fully saturated rings. The van der Waals surface area contributed by atoms with E-state index in [0.29, 0.717) is 11.8 Å². The number of aromatic nitrogens is 3. The van der Waals surface area contributed by atoms with Gasteiger partial charge in [0.05, 0.1) is 10.6 Å². The van der Waals surface area contributed by atoms with Gasteiger partial charge in [-0.1, -0.05) is 31.2 Å². The molecule has 0 aliphatic heterocycles. The summed E-state index contributed by atoms with van der Waals surface area (Å²) in [5, 5.41) is 14.6. The Morgan fingerprint density at radius 1 is 1.52 bits per heavy atom. The van der Waals surface area contributed by atoms with Crippen LogP contribution in [0.3, 0.4) is 0 Å². The van der Waals surface area contributed by atoms with E-state index in [1.807, 2.05) is 13.0 Å². The van der Waals surface area contributed by atoms with Crippen LogP contribution in [-0.2, 0) is 4.79 Å². The highest BCUT2D eigenvalue weighted by molar-refractivity contribution is 7.99. The molecule has 1 amide bonds. The van der Waals surface area contributed by atoms with Gasteiger partial charge in [0, 0.05) is 12.1 Å². The van der Waals surface area contributed by atoms with Crippen molar-refractivity contribution in [3.8, 4) is 10.7 Å². The molecule has 7 heteroatoms. The van der Waals surface area contributed by atoms with Gasteiger partial charge in [-0.25, -0.2) is 0 Å². The van der Waals surface area contributed by atoms with Crippen LogP contribution in [0.2, 0.25) is 0 Å². The largest absolute Gasteiger partial charge is 0.353 e. The van der Waals surface area contributed by atoms with E-state index in [0.717, 1.165) is 28.7 Å². The van der Waals surface area contributed by atoms with Crippen molar-refractivity contribution in [1.82, 2.24) is 20.1 Å². The first-order valence-electron chi connectivity index (χ1n) is 8.10.